The predicted octanol–water partition coefficient (Wildman–Crippen LogP) is 5.35. The van der Waals surface area contributed by atoms with E-state index in [2.05, 4.69) is 49.3 Å². The molecule has 0 radical (unpaired) electrons. The Balaban J connectivity index is 2.15. The van der Waals surface area contributed by atoms with Crippen molar-refractivity contribution in [2.45, 2.75) is 20.4 Å². The molecule has 0 fully saturated rings. The summed E-state index contributed by atoms with van der Waals surface area (Å²) >= 11 is 6.92. The van der Waals surface area contributed by atoms with Gasteiger partial charge in [0.2, 0.25) is 0 Å². The van der Waals surface area contributed by atoms with Crippen LogP contribution in [0.25, 0.3) is 0 Å². The van der Waals surface area contributed by atoms with Crippen LogP contribution in [0.2, 0.25) is 0 Å². The van der Waals surface area contributed by atoms with E-state index in [1.165, 1.54) is 23.3 Å². The molecule has 110 valence electrons. The van der Waals surface area contributed by atoms with Crippen molar-refractivity contribution in [2.24, 2.45) is 0 Å². The van der Waals surface area contributed by atoms with Gasteiger partial charge in [0.15, 0.2) is 0 Å². The highest BCUT2D eigenvalue weighted by Crippen LogP contribution is 2.27. The number of nitrogens with one attached hydrogen (secondary N) is 1. The molecule has 0 unspecified atom stereocenters. The summed E-state index contributed by atoms with van der Waals surface area (Å²) in [6, 6.07) is 8.93. The molecule has 0 atom stereocenters. The largest absolute Gasteiger partial charge is 0.381 e. The van der Waals surface area contributed by atoms with Crippen molar-refractivity contribution in [3.05, 3.63) is 66.1 Å². The van der Waals surface area contributed by atoms with Gasteiger partial charge in [0.25, 0.3) is 5.69 Å². The number of nitro groups is 1. The summed E-state index contributed by atoms with van der Waals surface area (Å²) < 4.78 is 1.85. The first kappa shape index (κ1) is 16.0. The Hall–Kier alpha value is -1.40. The van der Waals surface area contributed by atoms with Gasteiger partial charge in [-0.1, -0.05) is 31.9 Å². The Labute approximate surface area is 140 Å². The van der Waals surface area contributed by atoms with E-state index >= 15 is 0 Å². The number of halogens is 2. The summed E-state index contributed by atoms with van der Waals surface area (Å²) in [5, 5.41) is 14.1. The van der Waals surface area contributed by atoms with E-state index in [4.69, 9.17) is 0 Å². The molecule has 0 aliphatic rings. The maximum Gasteiger partial charge on any atom is 0.270 e. The van der Waals surface area contributed by atoms with E-state index in [1.807, 2.05) is 13.8 Å². The third-order valence-corrected chi connectivity index (χ3v) is 5.16. The molecule has 2 rings (SSSR count). The minimum absolute atomic E-state index is 0.0842. The average Bonchev–Trinajstić information content (AvgIpc) is 2.43. The Bertz CT molecular complexity index is 679. The lowest BCUT2D eigenvalue weighted by molar-refractivity contribution is -0.384. The second kappa shape index (κ2) is 6.58. The van der Waals surface area contributed by atoms with E-state index in [1.54, 1.807) is 6.07 Å². The fourth-order valence-electron chi connectivity index (χ4n) is 2.04. The van der Waals surface area contributed by atoms with E-state index in [0.29, 0.717) is 6.54 Å². The molecule has 2 aromatic carbocycles. The van der Waals surface area contributed by atoms with Crippen LogP contribution >= 0.6 is 31.9 Å². The number of rotatable bonds is 4. The highest BCUT2D eigenvalue weighted by Gasteiger charge is 2.09. The SMILES string of the molecule is Cc1cc(NCc2ccc([N+](=O)[O-])cc2Br)cc(C)c1Br. The predicted molar refractivity (Wildman–Crippen MR) is 91.7 cm³/mol. The second-order valence-electron chi connectivity index (χ2n) is 4.81. The molecule has 2 aromatic rings. The summed E-state index contributed by atoms with van der Waals surface area (Å²) in [4.78, 5) is 10.3. The van der Waals surface area contributed by atoms with Crippen LogP contribution in [0.15, 0.2) is 39.3 Å². The van der Waals surface area contributed by atoms with Crippen molar-refractivity contribution >= 4 is 43.2 Å². The van der Waals surface area contributed by atoms with Gasteiger partial charge < -0.3 is 5.32 Å². The molecule has 0 saturated heterocycles. The smallest absolute Gasteiger partial charge is 0.270 e. The van der Waals surface area contributed by atoms with Crippen LogP contribution in [0.3, 0.4) is 0 Å². The summed E-state index contributed by atoms with van der Waals surface area (Å²) in [6.07, 6.45) is 0. The molecule has 21 heavy (non-hydrogen) atoms. The number of hydrogen-bond acceptors (Lipinski definition) is 3. The zero-order chi connectivity index (χ0) is 15.6. The first-order valence-corrected chi connectivity index (χ1v) is 7.90. The monoisotopic (exact) mass is 412 g/mol. The molecule has 0 heterocycles. The average molecular weight is 414 g/mol. The molecule has 0 aliphatic heterocycles. The molecule has 0 amide bonds. The lowest BCUT2D eigenvalue weighted by Gasteiger charge is -2.11. The topological polar surface area (TPSA) is 55.2 Å². The van der Waals surface area contributed by atoms with Crippen LogP contribution in [-0.2, 0) is 6.54 Å². The molecule has 0 saturated carbocycles. The van der Waals surface area contributed by atoms with E-state index in [0.717, 1.165) is 20.2 Å². The lowest BCUT2D eigenvalue weighted by atomic mass is 10.1. The molecular formula is C15H14Br2N2O2. The van der Waals surface area contributed by atoms with Gasteiger partial charge in [0, 0.05) is 33.3 Å². The molecule has 0 aliphatic carbocycles. The fourth-order valence-corrected chi connectivity index (χ4v) is 2.77. The van der Waals surface area contributed by atoms with Crippen LogP contribution < -0.4 is 5.32 Å². The van der Waals surface area contributed by atoms with E-state index in [-0.39, 0.29) is 5.69 Å². The molecular weight excluding hydrogens is 400 g/mol. The summed E-state index contributed by atoms with van der Waals surface area (Å²) in [6.45, 7) is 4.69. The summed E-state index contributed by atoms with van der Waals surface area (Å²) in [5.41, 5.74) is 4.42. The second-order valence-corrected chi connectivity index (χ2v) is 6.46. The maximum atomic E-state index is 10.7. The van der Waals surface area contributed by atoms with Crippen LogP contribution in [0, 0.1) is 24.0 Å². The third kappa shape index (κ3) is 3.83. The molecule has 6 heteroatoms. The number of benzene rings is 2. The van der Waals surface area contributed by atoms with Crippen molar-refractivity contribution in [3.8, 4) is 0 Å². The van der Waals surface area contributed by atoms with Gasteiger partial charge >= 0.3 is 0 Å². The van der Waals surface area contributed by atoms with Gasteiger partial charge in [0.1, 0.15) is 0 Å². The van der Waals surface area contributed by atoms with Gasteiger partial charge in [-0.3, -0.25) is 10.1 Å². The number of nitro benzene ring substituents is 1. The van der Waals surface area contributed by atoms with Gasteiger partial charge in [-0.2, -0.15) is 0 Å². The minimum atomic E-state index is -0.399. The first-order valence-electron chi connectivity index (χ1n) is 6.32. The van der Waals surface area contributed by atoms with Crippen molar-refractivity contribution < 1.29 is 4.92 Å². The summed E-state index contributed by atoms with van der Waals surface area (Å²) in [7, 11) is 0. The Kier molecular flexibility index (Phi) is 5.00. The van der Waals surface area contributed by atoms with Gasteiger partial charge in [-0.25, -0.2) is 0 Å². The van der Waals surface area contributed by atoms with Crippen molar-refractivity contribution in [2.75, 3.05) is 5.32 Å². The maximum absolute atomic E-state index is 10.7. The van der Waals surface area contributed by atoms with Crippen LogP contribution in [0.1, 0.15) is 16.7 Å². The lowest BCUT2D eigenvalue weighted by Crippen LogP contribution is -2.01. The van der Waals surface area contributed by atoms with Crippen molar-refractivity contribution in [1.29, 1.82) is 0 Å². The molecule has 4 nitrogen and oxygen atoms in total. The molecule has 0 bridgehead atoms. The van der Waals surface area contributed by atoms with Crippen LogP contribution in [-0.4, -0.2) is 4.92 Å². The quantitative estimate of drug-likeness (QED) is 0.542. The highest BCUT2D eigenvalue weighted by atomic mass is 79.9. The Morgan fingerprint density at radius 2 is 1.76 bits per heavy atom. The molecule has 0 aromatic heterocycles. The number of nitrogens with zero attached hydrogens (tertiary/aromatic N) is 1. The van der Waals surface area contributed by atoms with E-state index in [9.17, 15) is 10.1 Å². The van der Waals surface area contributed by atoms with Crippen LogP contribution in [0.4, 0.5) is 11.4 Å². The zero-order valence-corrected chi connectivity index (χ0v) is 14.8. The number of hydrogen-bond donors (Lipinski definition) is 1. The Morgan fingerprint density at radius 3 is 2.29 bits per heavy atom. The van der Waals surface area contributed by atoms with Crippen LogP contribution in [0.5, 0.6) is 0 Å². The zero-order valence-electron chi connectivity index (χ0n) is 11.6. The standard InChI is InChI=1S/C15H14Br2N2O2/c1-9-5-12(6-10(2)15(9)17)18-8-11-3-4-13(19(20)21)7-14(11)16/h3-7,18H,8H2,1-2H3. The summed E-state index contributed by atoms with van der Waals surface area (Å²) in [5.74, 6) is 0. The first-order chi connectivity index (χ1) is 9.88. The highest BCUT2D eigenvalue weighted by molar-refractivity contribution is 9.10. The van der Waals surface area contributed by atoms with Gasteiger partial charge in [-0.05, 0) is 48.7 Å². The number of non-ortho nitro benzene ring substituents is 1. The van der Waals surface area contributed by atoms with Crippen molar-refractivity contribution in [1.82, 2.24) is 0 Å². The third-order valence-electron chi connectivity index (χ3n) is 3.17. The van der Waals surface area contributed by atoms with Crippen molar-refractivity contribution in [3.63, 3.8) is 0 Å². The Morgan fingerprint density at radius 1 is 1.14 bits per heavy atom. The molecule has 1 N–H and O–H groups in total. The fraction of sp³-hybridized carbons (Fsp3) is 0.200. The number of anilines is 1. The van der Waals surface area contributed by atoms with Gasteiger partial charge in [-0.15, -0.1) is 0 Å². The van der Waals surface area contributed by atoms with E-state index < -0.39 is 4.92 Å². The van der Waals surface area contributed by atoms with Gasteiger partial charge in [0.05, 0.1) is 4.92 Å². The molecule has 0 spiro atoms. The normalized spacial score (nSPS) is 10.5. The minimum Gasteiger partial charge on any atom is -0.381 e. The number of aryl methyl sites for hydroxylation is 2.